The SMILES string of the molecule is CC(NCc1cccc(C(F)(F)F)c1)C(C)C(=O)O. The van der Waals surface area contributed by atoms with E-state index in [1.54, 1.807) is 19.9 Å². The van der Waals surface area contributed by atoms with Crippen LogP contribution in [0.1, 0.15) is 25.0 Å². The summed E-state index contributed by atoms with van der Waals surface area (Å²) < 4.78 is 37.5. The summed E-state index contributed by atoms with van der Waals surface area (Å²) in [6.45, 7) is 3.43. The van der Waals surface area contributed by atoms with Crippen molar-refractivity contribution in [3.63, 3.8) is 0 Å². The first-order chi connectivity index (χ1) is 8.71. The van der Waals surface area contributed by atoms with Crippen molar-refractivity contribution < 1.29 is 23.1 Å². The van der Waals surface area contributed by atoms with E-state index in [1.807, 2.05) is 0 Å². The Labute approximate surface area is 109 Å². The zero-order valence-electron chi connectivity index (χ0n) is 10.7. The van der Waals surface area contributed by atoms with Gasteiger partial charge in [-0.05, 0) is 18.6 Å². The zero-order chi connectivity index (χ0) is 14.6. The predicted molar refractivity (Wildman–Crippen MR) is 64.5 cm³/mol. The molecule has 0 saturated carbocycles. The van der Waals surface area contributed by atoms with Gasteiger partial charge in [-0.3, -0.25) is 4.79 Å². The number of carbonyl (C=O) groups is 1. The van der Waals surface area contributed by atoms with E-state index in [-0.39, 0.29) is 12.6 Å². The second kappa shape index (κ2) is 6.06. The molecule has 0 aliphatic carbocycles. The third kappa shape index (κ3) is 4.55. The van der Waals surface area contributed by atoms with Crippen molar-refractivity contribution in [1.82, 2.24) is 5.32 Å². The monoisotopic (exact) mass is 275 g/mol. The number of hydrogen-bond acceptors (Lipinski definition) is 2. The van der Waals surface area contributed by atoms with Gasteiger partial charge in [0.05, 0.1) is 11.5 Å². The molecule has 2 N–H and O–H groups in total. The van der Waals surface area contributed by atoms with Crippen molar-refractivity contribution in [1.29, 1.82) is 0 Å². The summed E-state index contributed by atoms with van der Waals surface area (Å²) in [6, 6.07) is 4.65. The normalized spacial score (nSPS) is 15.0. The third-order valence-electron chi connectivity index (χ3n) is 3.02. The molecule has 19 heavy (non-hydrogen) atoms. The highest BCUT2D eigenvalue weighted by Crippen LogP contribution is 2.29. The second-order valence-electron chi connectivity index (χ2n) is 4.49. The molecule has 0 aliphatic heterocycles. The van der Waals surface area contributed by atoms with E-state index in [2.05, 4.69) is 5.32 Å². The van der Waals surface area contributed by atoms with Crippen molar-refractivity contribution in [3.8, 4) is 0 Å². The van der Waals surface area contributed by atoms with Crippen LogP contribution in [-0.2, 0) is 17.5 Å². The first-order valence-corrected chi connectivity index (χ1v) is 5.84. The van der Waals surface area contributed by atoms with E-state index in [0.717, 1.165) is 12.1 Å². The Morgan fingerprint density at radius 1 is 1.37 bits per heavy atom. The lowest BCUT2D eigenvalue weighted by Crippen LogP contribution is -2.35. The highest BCUT2D eigenvalue weighted by atomic mass is 19.4. The van der Waals surface area contributed by atoms with E-state index in [9.17, 15) is 18.0 Å². The van der Waals surface area contributed by atoms with Gasteiger partial charge >= 0.3 is 12.1 Å². The van der Waals surface area contributed by atoms with Crippen molar-refractivity contribution in [3.05, 3.63) is 35.4 Å². The van der Waals surface area contributed by atoms with Crippen LogP contribution in [0.25, 0.3) is 0 Å². The Kier molecular flexibility index (Phi) is 4.94. The highest BCUT2D eigenvalue weighted by molar-refractivity contribution is 5.70. The van der Waals surface area contributed by atoms with Gasteiger partial charge in [0.25, 0.3) is 0 Å². The quantitative estimate of drug-likeness (QED) is 0.868. The van der Waals surface area contributed by atoms with E-state index in [4.69, 9.17) is 5.11 Å². The van der Waals surface area contributed by atoms with Crippen molar-refractivity contribution >= 4 is 5.97 Å². The Bertz CT molecular complexity index is 446. The summed E-state index contributed by atoms with van der Waals surface area (Å²) in [5.41, 5.74) is -0.231. The molecule has 2 unspecified atom stereocenters. The molecule has 0 radical (unpaired) electrons. The molecule has 0 spiro atoms. The molecular formula is C13H16F3NO2. The van der Waals surface area contributed by atoms with Crippen LogP contribution in [0.2, 0.25) is 0 Å². The average molecular weight is 275 g/mol. The van der Waals surface area contributed by atoms with Gasteiger partial charge in [-0.25, -0.2) is 0 Å². The van der Waals surface area contributed by atoms with Crippen LogP contribution in [0.5, 0.6) is 0 Å². The fraction of sp³-hybridized carbons (Fsp3) is 0.462. The Morgan fingerprint density at radius 3 is 2.53 bits per heavy atom. The smallest absolute Gasteiger partial charge is 0.416 e. The largest absolute Gasteiger partial charge is 0.481 e. The molecule has 1 rings (SSSR count). The topological polar surface area (TPSA) is 49.3 Å². The van der Waals surface area contributed by atoms with E-state index < -0.39 is 23.6 Å². The van der Waals surface area contributed by atoms with E-state index in [0.29, 0.717) is 5.56 Å². The molecule has 0 fully saturated rings. The van der Waals surface area contributed by atoms with Crippen molar-refractivity contribution in [2.24, 2.45) is 5.92 Å². The van der Waals surface area contributed by atoms with Crippen LogP contribution in [0.4, 0.5) is 13.2 Å². The number of carboxylic acid groups (broad SMARTS) is 1. The molecule has 3 nitrogen and oxygen atoms in total. The number of halogens is 3. The molecule has 0 aliphatic rings. The molecule has 1 aromatic carbocycles. The molecule has 0 amide bonds. The van der Waals surface area contributed by atoms with Gasteiger partial charge in [-0.15, -0.1) is 0 Å². The summed E-state index contributed by atoms with van der Waals surface area (Å²) in [7, 11) is 0. The molecule has 6 heteroatoms. The summed E-state index contributed by atoms with van der Waals surface area (Å²) in [6.07, 6.45) is -4.37. The zero-order valence-corrected chi connectivity index (χ0v) is 10.7. The van der Waals surface area contributed by atoms with Gasteiger partial charge in [0.1, 0.15) is 0 Å². The van der Waals surface area contributed by atoms with Crippen molar-refractivity contribution in [2.45, 2.75) is 32.6 Å². The number of alkyl halides is 3. The number of benzene rings is 1. The van der Waals surface area contributed by atoms with Gasteiger partial charge < -0.3 is 10.4 Å². The third-order valence-corrected chi connectivity index (χ3v) is 3.02. The molecular weight excluding hydrogens is 259 g/mol. The number of rotatable bonds is 5. The maximum Gasteiger partial charge on any atom is 0.416 e. The molecule has 1 aromatic rings. The second-order valence-corrected chi connectivity index (χ2v) is 4.49. The summed E-state index contributed by atoms with van der Waals surface area (Å²) >= 11 is 0. The van der Waals surface area contributed by atoms with Crippen LogP contribution in [-0.4, -0.2) is 17.1 Å². The molecule has 0 saturated heterocycles. The first kappa shape index (κ1) is 15.5. The highest BCUT2D eigenvalue weighted by Gasteiger charge is 2.30. The maximum atomic E-state index is 12.5. The summed E-state index contributed by atoms with van der Waals surface area (Å²) in [5.74, 6) is -1.55. The fourth-order valence-electron chi connectivity index (χ4n) is 1.53. The van der Waals surface area contributed by atoms with Crippen LogP contribution in [0.3, 0.4) is 0 Å². The van der Waals surface area contributed by atoms with Crippen LogP contribution in [0.15, 0.2) is 24.3 Å². The van der Waals surface area contributed by atoms with E-state index >= 15 is 0 Å². The minimum Gasteiger partial charge on any atom is -0.481 e. The van der Waals surface area contributed by atoms with Crippen LogP contribution >= 0.6 is 0 Å². The first-order valence-electron chi connectivity index (χ1n) is 5.84. The standard InChI is InChI=1S/C13H16F3NO2/c1-8(12(18)19)9(2)17-7-10-4-3-5-11(6-10)13(14,15)16/h3-6,8-9,17H,7H2,1-2H3,(H,18,19). The van der Waals surface area contributed by atoms with Gasteiger partial charge in [0, 0.05) is 12.6 Å². The molecule has 0 bridgehead atoms. The van der Waals surface area contributed by atoms with Crippen LogP contribution < -0.4 is 5.32 Å². The van der Waals surface area contributed by atoms with Crippen LogP contribution in [0, 0.1) is 5.92 Å². The Balaban J connectivity index is 2.66. The number of hydrogen-bond donors (Lipinski definition) is 2. The summed E-state index contributed by atoms with van der Waals surface area (Å²) in [4.78, 5) is 10.7. The molecule has 0 aromatic heterocycles. The fourth-order valence-corrected chi connectivity index (χ4v) is 1.53. The maximum absolute atomic E-state index is 12.5. The predicted octanol–water partition coefficient (Wildman–Crippen LogP) is 2.90. The lowest BCUT2D eigenvalue weighted by Gasteiger charge is -2.18. The van der Waals surface area contributed by atoms with Gasteiger partial charge in [-0.2, -0.15) is 13.2 Å². The minimum absolute atomic E-state index is 0.197. The minimum atomic E-state index is -4.37. The number of nitrogens with one attached hydrogen (secondary N) is 1. The average Bonchev–Trinajstić information content (AvgIpc) is 2.34. The number of aliphatic carboxylic acids is 1. The molecule has 0 heterocycles. The van der Waals surface area contributed by atoms with Gasteiger partial charge in [-0.1, -0.05) is 25.1 Å². The lowest BCUT2D eigenvalue weighted by atomic mass is 10.0. The molecule has 106 valence electrons. The van der Waals surface area contributed by atoms with E-state index in [1.165, 1.54) is 6.07 Å². The van der Waals surface area contributed by atoms with Gasteiger partial charge in [0.15, 0.2) is 0 Å². The van der Waals surface area contributed by atoms with Crippen molar-refractivity contribution in [2.75, 3.05) is 0 Å². The summed E-state index contributed by atoms with van der Waals surface area (Å²) in [5, 5.41) is 11.7. The Hall–Kier alpha value is -1.56. The molecule has 2 atom stereocenters. The number of carboxylic acids is 1. The Morgan fingerprint density at radius 2 is 2.00 bits per heavy atom. The van der Waals surface area contributed by atoms with Gasteiger partial charge in [0.2, 0.25) is 0 Å². The lowest BCUT2D eigenvalue weighted by molar-refractivity contribution is -0.142.